The molecule has 0 saturated heterocycles. The molecule has 0 aromatic rings. The Kier molecular flexibility index (Phi) is 20.3. The van der Waals surface area contributed by atoms with Gasteiger partial charge in [0.25, 0.3) is 0 Å². The van der Waals surface area contributed by atoms with Crippen LogP contribution in [0.1, 0.15) is 28.2 Å². The lowest BCUT2D eigenvalue weighted by atomic mass is 10.9. The van der Waals surface area contributed by atoms with Gasteiger partial charge in [-0.3, -0.25) is 4.70 Å². The van der Waals surface area contributed by atoms with Crippen LogP contribution in [-0.4, -0.2) is 29.3 Å². The highest BCUT2D eigenvalue weighted by atomic mass is 28.3. The molecule has 0 heterocycles. The van der Waals surface area contributed by atoms with E-state index in [1.165, 1.54) is 0 Å². The van der Waals surface area contributed by atoms with Crippen LogP contribution in [0, 0.1) is 0 Å². The fourth-order valence-corrected chi connectivity index (χ4v) is 1.66. The summed E-state index contributed by atoms with van der Waals surface area (Å²) in [5.41, 5.74) is 0. The first-order chi connectivity index (χ1) is 4.85. The number of hydrogen-bond donors (Lipinski definition) is 0. The SMILES string of the molecule is C.CCO[SiH](OCC)OCC.F. The zero-order chi connectivity index (χ0) is 7.82. The predicted molar refractivity (Wildman–Crippen MR) is 51.3 cm³/mol. The van der Waals surface area contributed by atoms with Crippen LogP contribution in [0.25, 0.3) is 0 Å². The van der Waals surface area contributed by atoms with E-state index in [1.54, 1.807) is 0 Å². The van der Waals surface area contributed by atoms with Gasteiger partial charge < -0.3 is 13.3 Å². The molecule has 0 aliphatic rings. The molecule has 0 aliphatic carbocycles. The molecule has 0 aromatic heterocycles. The zero-order valence-electron chi connectivity index (χ0n) is 7.33. The Bertz CT molecular complexity index is 61.4. The third-order valence-corrected chi connectivity index (χ3v) is 2.72. The molecule has 0 atom stereocenters. The van der Waals surface area contributed by atoms with Gasteiger partial charge in [0.1, 0.15) is 0 Å². The fraction of sp³-hybridized carbons (Fsp3) is 1.00. The Balaban J connectivity index is -0.000000405. The van der Waals surface area contributed by atoms with Crippen molar-refractivity contribution in [2.75, 3.05) is 19.8 Å². The molecule has 0 aromatic carbocycles. The molecule has 0 aliphatic heterocycles. The maximum absolute atomic E-state index is 5.22. The monoisotopic (exact) mass is 200 g/mol. The molecular formula is C7H21FO3Si. The van der Waals surface area contributed by atoms with Crippen molar-refractivity contribution in [2.45, 2.75) is 28.2 Å². The minimum absolute atomic E-state index is 0. The molecule has 0 spiro atoms. The molecule has 0 saturated carbocycles. The summed E-state index contributed by atoms with van der Waals surface area (Å²) < 4.78 is 15.7. The molecule has 0 amide bonds. The molecule has 0 unspecified atom stereocenters. The molecular weight excluding hydrogens is 179 g/mol. The maximum atomic E-state index is 5.22. The molecule has 0 bridgehead atoms. The van der Waals surface area contributed by atoms with E-state index in [4.69, 9.17) is 13.3 Å². The Morgan fingerprint density at radius 1 is 0.833 bits per heavy atom. The molecule has 5 heteroatoms. The lowest BCUT2D eigenvalue weighted by Gasteiger charge is -2.12. The van der Waals surface area contributed by atoms with Crippen LogP contribution >= 0.6 is 0 Å². The highest BCUT2D eigenvalue weighted by Crippen LogP contribution is 1.90. The van der Waals surface area contributed by atoms with Crippen LogP contribution in [-0.2, 0) is 13.3 Å². The largest absolute Gasteiger partial charge is 0.484 e. The van der Waals surface area contributed by atoms with Crippen molar-refractivity contribution in [3.05, 3.63) is 0 Å². The van der Waals surface area contributed by atoms with E-state index in [1.807, 2.05) is 20.8 Å². The first kappa shape index (κ1) is 17.9. The van der Waals surface area contributed by atoms with E-state index < -0.39 is 9.53 Å². The third-order valence-electron chi connectivity index (χ3n) is 0.908. The van der Waals surface area contributed by atoms with Gasteiger partial charge in [-0.2, -0.15) is 0 Å². The minimum atomic E-state index is -1.73. The molecule has 3 nitrogen and oxygen atoms in total. The van der Waals surface area contributed by atoms with E-state index in [0.29, 0.717) is 19.8 Å². The van der Waals surface area contributed by atoms with Gasteiger partial charge in [0.2, 0.25) is 0 Å². The zero-order valence-corrected chi connectivity index (χ0v) is 8.49. The average molecular weight is 200 g/mol. The van der Waals surface area contributed by atoms with Gasteiger partial charge in [0, 0.05) is 19.8 Å². The number of halogens is 1. The van der Waals surface area contributed by atoms with Gasteiger partial charge in [-0.1, -0.05) is 7.43 Å². The van der Waals surface area contributed by atoms with Crippen molar-refractivity contribution >= 4 is 9.53 Å². The number of rotatable bonds is 6. The summed E-state index contributed by atoms with van der Waals surface area (Å²) in [6.45, 7) is 7.86. The van der Waals surface area contributed by atoms with Crippen molar-refractivity contribution < 1.29 is 18.0 Å². The van der Waals surface area contributed by atoms with Gasteiger partial charge in [0.05, 0.1) is 0 Å². The van der Waals surface area contributed by atoms with Gasteiger partial charge in [-0.05, 0) is 20.8 Å². The Labute approximate surface area is 76.4 Å². The maximum Gasteiger partial charge on any atom is 0.484 e. The molecule has 0 fully saturated rings. The molecule has 78 valence electrons. The second-order valence-corrected chi connectivity index (χ2v) is 3.23. The van der Waals surface area contributed by atoms with E-state index in [0.717, 1.165) is 0 Å². The van der Waals surface area contributed by atoms with Crippen molar-refractivity contribution in [1.82, 2.24) is 0 Å². The Morgan fingerprint density at radius 3 is 1.25 bits per heavy atom. The highest BCUT2D eigenvalue weighted by molar-refractivity contribution is 6.36. The summed E-state index contributed by atoms with van der Waals surface area (Å²) in [6, 6.07) is 0. The standard InChI is InChI=1S/C6H16O3Si.CH4.FH/c1-4-7-10(8-5-2)9-6-3;;/h10H,4-6H2,1-3H3;1H4;1H. The van der Waals surface area contributed by atoms with Gasteiger partial charge in [0.15, 0.2) is 0 Å². The first-order valence-corrected chi connectivity index (χ1v) is 5.11. The predicted octanol–water partition coefficient (Wildman–Crippen LogP) is 1.60. The highest BCUT2D eigenvalue weighted by Gasteiger charge is 2.11. The van der Waals surface area contributed by atoms with Crippen LogP contribution in [0.15, 0.2) is 0 Å². The van der Waals surface area contributed by atoms with Gasteiger partial charge in [-0.15, -0.1) is 0 Å². The summed E-state index contributed by atoms with van der Waals surface area (Å²) in [5.74, 6) is 0. The molecule has 12 heavy (non-hydrogen) atoms. The van der Waals surface area contributed by atoms with Crippen LogP contribution in [0.5, 0.6) is 0 Å². The van der Waals surface area contributed by atoms with Gasteiger partial charge in [-0.25, -0.2) is 0 Å². The topological polar surface area (TPSA) is 27.7 Å². The van der Waals surface area contributed by atoms with E-state index in [2.05, 4.69) is 0 Å². The Hall–Kier alpha value is 0.0269. The van der Waals surface area contributed by atoms with Crippen molar-refractivity contribution in [1.29, 1.82) is 0 Å². The summed E-state index contributed by atoms with van der Waals surface area (Å²) in [5, 5.41) is 0. The lowest BCUT2D eigenvalue weighted by molar-refractivity contribution is 0.107. The van der Waals surface area contributed by atoms with E-state index in [9.17, 15) is 0 Å². The summed E-state index contributed by atoms with van der Waals surface area (Å²) >= 11 is 0. The van der Waals surface area contributed by atoms with E-state index in [-0.39, 0.29) is 12.1 Å². The first-order valence-electron chi connectivity index (χ1n) is 3.69. The van der Waals surface area contributed by atoms with Crippen LogP contribution < -0.4 is 0 Å². The van der Waals surface area contributed by atoms with Crippen molar-refractivity contribution in [2.24, 2.45) is 0 Å². The summed E-state index contributed by atoms with van der Waals surface area (Å²) in [6.07, 6.45) is 0. The smallest absolute Gasteiger partial charge is 0.376 e. The Morgan fingerprint density at radius 2 is 1.08 bits per heavy atom. The van der Waals surface area contributed by atoms with Crippen molar-refractivity contribution in [3.63, 3.8) is 0 Å². The average Bonchev–Trinajstić information content (AvgIpc) is 1.90. The molecule has 0 radical (unpaired) electrons. The second kappa shape index (κ2) is 13.6. The normalized spacial score (nSPS) is 9.00. The molecule has 0 rings (SSSR count). The third kappa shape index (κ3) is 10.0. The fourth-order valence-electron chi connectivity index (χ4n) is 0.553. The second-order valence-electron chi connectivity index (χ2n) is 1.65. The van der Waals surface area contributed by atoms with Gasteiger partial charge >= 0.3 is 9.53 Å². The lowest BCUT2D eigenvalue weighted by Crippen LogP contribution is -2.27. The summed E-state index contributed by atoms with van der Waals surface area (Å²) in [4.78, 5) is 0. The molecule has 0 N–H and O–H groups in total. The number of hydrogen-bond acceptors (Lipinski definition) is 3. The van der Waals surface area contributed by atoms with Crippen LogP contribution in [0.2, 0.25) is 0 Å². The summed E-state index contributed by atoms with van der Waals surface area (Å²) in [7, 11) is -1.73. The van der Waals surface area contributed by atoms with Crippen molar-refractivity contribution in [3.8, 4) is 0 Å². The quantitative estimate of drug-likeness (QED) is 0.610. The minimum Gasteiger partial charge on any atom is -0.376 e. The van der Waals surface area contributed by atoms with E-state index >= 15 is 0 Å². The van der Waals surface area contributed by atoms with Crippen LogP contribution in [0.4, 0.5) is 4.70 Å². The van der Waals surface area contributed by atoms with Crippen LogP contribution in [0.3, 0.4) is 0 Å².